The number of fused-ring (bicyclic) bond motifs is 1. The normalized spacial score (nSPS) is 10.9. The number of hydrogen-bond acceptors (Lipinski definition) is 2. The second-order valence-electron chi connectivity index (χ2n) is 3.40. The highest BCUT2D eigenvalue weighted by Gasteiger charge is 2.17. The van der Waals surface area contributed by atoms with Gasteiger partial charge in [-0.05, 0) is 25.5 Å². The number of carbonyl (C=O) groups is 1. The van der Waals surface area contributed by atoms with Crippen LogP contribution in [-0.2, 0) is 0 Å². The topological polar surface area (TPSA) is 66.0 Å². The number of pyridine rings is 1. The molecule has 0 aromatic carbocycles. The van der Waals surface area contributed by atoms with E-state index in [0.29, 0.717) is 11.3 Å². The fourth-order valence-electron chi connectivity index (χ4n) is 1.63. The molecule has 0 amide bonds. The van der Waals surface area contributed by atoms with E-state index in [1.54, 1.807) is 13.8 Å². The number of aromatic nitrogens is 2. The maximum atomic E-state index is 13.5. The van der Waals surface area contributed by atoms with Crippen LogP contribution in [0.3, 0.4) is 0 Å². The molecule has 0 saturated carbocycles. The number of H-pyrrole nitrogens is 1. The molecule has 0 atom stereocenters. The van der Waals surface area contributed by atoms with Gasteiger partial charge in [0.1, 0.15) is 17.2 Å². The summed E-state index contributed by atoms with van der Waals surface area (Å²) >= 11 is 0. The summed E-state index contributed by atoms with van der Waals surface area (Å²) in [5.74, 6) is -1.55. The van der Waals surface area contributed by atoms with Crippen molar-refractivity contribution < 1.29 is 14.3 Å². The van der Waals surface area contributed by atoms with Gasteiger partial charge in [0.15, 0.2) is 0 Å². The summed E-state index contributed by atoms with van der Waals surface area (Å²) in [5, 5.41) is 9.09. The second-order valence-corrected chi connectivity index (χ2v) is 3.40. The molecule has 0 radical (unpaired) electrons. The van der Waals surface area contributed by atoms with Gasteiger partial charge in [0.05, 0.1) is 5.39 Å². The number of nitrogens with zero attached hydrogens (tertiary/aromatic N) is 1. The standard InChI is InChI=1S/C10H9FN2O2/c1-4-3-6(11)7-5(2)8(10(14)15)13-9(7)12-4/h3H,1-2H3,(H,12,13)(H,14,15). The van der Waals surface area contributed by atoms with Gasteiger partial charge in [-0.1, -0.05) is 0 Å². The third kappa shape index (κ3) is 1.36. The van der Waals surface area contributed by atoms with Gasteiger partial charge in [-0.3, -0.25) is 0 Å². The fraction of sp³-hybridized carbons (Fsp3) is 0.200. The molecule has 4 nitrogen and oxygen atoms in total. The van der Waals surface area contributed by atoms with Crippen molar-refractivity contribution in [2.24, 2.45) is 0 Å². The number of nitrogens with one attached hydrogen (secondary N) is 1. The smallest absolute Gasteiger partial charge is 0.352 e. The Balaban J connectivity index is 2.88. The molecular formula is C10H9FN2O2. The molecule has 0 spiro atoms. The molecule has 2 N–H and O–H groups in total. The van der Waals surface area contributed by atoms with E-state index < -0.39 is 11.8 Å². The van der Waals surface area contributed by atoms with E-state index in [-0.39, 0.29) is 16.7 Å². The van der Waals surface area contributed by atoms with Crippen LogP contribution in [0.1, 0.15) is 21.7 Å². The molecule has 0 saturated heterocycles. The Labute approximate surface area is 84.8 Å². The molecule has 5 heteroatoms. The van der Waals surface area contributed by atoms with Crippen LogP contribution in [0.25, 0.3) is 11.0 Å². The van der Waals surface area contributed by atoms with Gasteiger partial charge >= 0.3 is 5.97 Å². The lowest BCUT2D eigenvalue weighted by molar-refractivity contribution is 0.0690. The molecule has 15 heavy (non-hydrogen) atoms. The van der Waals surface area contributed by atoms with Crippen molar-refractivity contribution in [3.63, 3.8) is 0 Å². The van der Waals surface area contributed by atoms with E-state index in [1.807, 2.05) is 0 Å². The van der Waals surface area contributed by atoms with Crippen molar-refractivity contribution in [3.05, 3.63) is 28.8 Å². The third-order valence-corrected chi connectivity index (χ3v) is 2.31. The summed E-state index contributed by atoms with van der Waals surface area (Å²) in [4.78, 5) is 17.4. The maximum Gasteiger partial charge on any atom is 0.352 e. The highest BCUT2D eigenvalue weighted by atomic mass is 19.1. The minimum absolute atomic E-state index is 0.0120. The summed E-state index contributed by atoms with van der Waals surface area (Å²) in [6.45, 7) is 3.21. The molecule has 2 aromatic heterocycles. The lowest BCUT2D eigenvalue weighted by Crippen LogP contribution is -1.98. The molecule has 0 bridgehead atoms. The van der Waals surface area contributed by atoms with E-state index in [2.05, 4.69) is 9.97 Å². The largest absolute Gasteiger partial charge is 0.477 e. The molecule has 0 unspecified atom stereocenters. The average Bonchev–Trinajstić information content (AvgIpc) is 2.42. The number of aromatic carboxylic acids is 1. The van der Waals surface area contributed by atoms with Crippen LogP contribution in [0.2, 0.25) is 0 Å². The minimum atomic E-state index is -1.11. The highest BCUT2D eigenvalue weighted by molar-refractivity contribution is 5.96. The Morgan fingerprint density at radius 3 is 2.80 bits per heavy atom. The lowest BCUT2D eigenvalue weighted by atomic mass is 10.2. The van der Waals surface area contributed by atoms with Gasteiger partial charge in [0, 0.05) is 5.69 Å². The number of carboxylic acid groups (broad SMARTS) is 1. The molecular weight excluding hydrogens is 199 g/mol. The predicted molar refractivity (Wildman–Crippen MR) is 52.5 cm³/mol. The van der Waals surface area contributed by atoms with Crippen LogP contribution in [-0.4, -0.2) is 21.0 Å². The van der Waals surface area contributed by atoms with Gasteiger partial charge in [-0.25, -0.2) is 14.2 Å². The Bertz CT molecular complexity index is 560. The number of halogens is 1. The van der Waals surface area contributed by atoms with Gasteiger partial charge < -0.3 is 10.1 Å². The monoisotopic (exact) mass is 208 g/mol. The number of carboxylic acids is 1. The summed E-state index contributed by atoms with van der Waals surface area (Å²) in [6.07, 6.45) is 0. The maximum absolute atomic E-state index is 13.5. The van der Waals surface area contributed by atoms with Gasteiger partial charge in [0.25, 0.3) is 0 Å². The molecule has 2 aromatic rings. The van der Waals surface area contributed by atoms with Crippen LogP contribution < -0.4 is 0 Å². The van der Waals surface area contributed by atoms with E-state index in [0.717, 1.165) is 0 Å². The zero-order valence-electron chi connectivity index (χ0n) is 8.26. The third-order valence-electron chi connectivity index (χ3n) is 2.31. The molecule has 0 aliphatic rings. The Morgan fingerprint density at radius 1 is 1.53 bits per heavy atom. The summed E-state index contributed by atoms with van der Waals surface area (Å²) in [6, 6.07) is 1.29. The first-order valence-electron chi connectivity index (χ1n) is 4.39. The lowest BCUT2D eigenvalue weighted by Gasteiger charge is -1.95. The highest BCUT2D eigenvalue weighted by Crippen LogP contribution is 2.23. The molecule has 78 valence electrons. The Morgan fingerprint density at radius 2 is 2.20 bits per heavy atom. The zero-order valence-corrected chi connectivity index (χ0v) is 8.26. The van der Waals surface area contributed by atoms with Crippen LogP contribution in [0.15, 0.2) is 6.07 Å². The van der Waals surface area contributed by atoms with E-state index >= 15 is 0 Å². The quantitative estimate of drug-likeness (QED) is 0.753. The fourth-order valence-corrected chi connectivity index (χ4v) is 1.63. The molecule has 0 aliphatic heterocycles. The van der Waals surface area contributed by atoms with Crippen LogP contribution in [0, 0.1) is 19.7 Å². The first-order valence-corrected chi connectivity index (χ1v) is 4.39. The summed E-state index contributed by atoms with van der Waals surface area (Å²) in [5.41, 5.74) is 1.16. The SMILES string of the molecule is Cc1cc(F)c2c(C)c(C(=O)O)[nH]c2n1. The van der Waals surface area contributed by atoms with E-state index in [4.69, 9.17) is 5.11 Å². The van der Waals surface area contributed by atoms with Crippen LogP contribution >= 0.6 is 0 Å². The first-order chi connectivity index (χ1) is 7.00. The van der Waals surface area contributed by atoms with Crippen LogP contribution in [0.4, 0.5) is 4.39 Å². The van der Waals surface area contributed by atoms with Gasteiger partial charge in [-0.15, -0.1) is 0 Å². The van der Waals surface area contributed by atoms with Crippen molar-refractivity contribution >= 4 is 17.0 Å². The number of aryl methyl sites for hydroxylation is 2. The van der Waals surface area contributed by atoms with Crippen molar-refractivity contribution in [2.75, 3.05) is 0 Å². The number of hydrogen-bond donors (Lipinski definition) is 2. The molecule has 2 heterocycles. The summed E-state index contributed by atoms with van der Waals surface area (Å²) in [7, 11) is 0. The minimum Gasteiger partial charge on any atom is -0.477 e. The first kappa shape index (κ1) is 9.64. The van der Waals surface area contributed by atoms with Crippen molar-refractivity contribution in [1.29, 1.82) is 0 Å². The van der Waals surface area contributed by atoms with Crippen molar-refractivity contribution in [3.8, 4) is 0 Å². The van der Waals surface area contributed by atoms with Gasteiger partial charge in [0.2, 0.25) is 0 Å². The Kier molecular flexibility index (Phi) is 1.96. The zero-order chi connectivity index (χ0) is 11.2. The van der Waals surface area contributed by atoms with E-state index in [1.165, 1.54) is 6.07 Å². The second kappa shape index (κ2) is 3.05. The number of rotatable bonds is 1. The average molecular weight is 208 g/mol. The molecule has 2 rings (SSSR count). The predicted octanol–water partition coefficient (Wildman–Crippen LogP) is 2.02. The summed E-state index contributed by atoms with van der Waals surface area (Å²) < 4.78 is 13.5. The van der Waals surface area contributed by atoms with Gasteiger partial charge in [-0.2, -0.15) is 0 Å². The molecule has 0 fully saturated rings. The van der Waals surface area contributed by atoms with Crippen molar-refractivity contribution in [1.82, 2.24) is 9.97 Å². The Hall–Kier alpha value is -1.91. The molecule has 0 aliphatic carbocycles. The number of aromatic amines is 1. The van der Waals surface area contributed by atoms with E-state index in [9.17, 15) is 9.18 Å². The van der Waals surface area contributed by atoms with Crippen molar-refractivity contribution in [2.45, 2.75) is 13.8 Å². The van der Waals surface area contributed by atoms with Crippen LogP contribution in [0.5, 0.6) is 0 Å².